The summed E-state index contributed by atoms with van der Waals surface area (Å²) in [5, 5.41) is 10.6. The number of rotatable bonds is 14. The van der Waals surface area contributed by atoms with Crippen LogP contribution in [0.15, 0.2) is 12.1 Å². The van der Waals surface area contributed by atoms with Gasteiger partial charge in [-0.1, -0.05) is 95.8 Å². The van der Waals surface area contributed by atoms with E-state index in [-0.39, 0.29) is 0 Å². The van der Waals surface area contributed by atoms with Crippen molar-refractivity contribution in [3.63, 3.8) is 0 Å². The van der Waals surface area contributed by atoms with Gasteiger partial charge in [0.1, 0.15) is 5.75 Å². The predicted molar refractivity (Wildman–Crippen MR) is 107 cm³/mol. The summed E-state index contributed by atoms with van der Waals surface area (Å²) in [6.45, 7) is 6.68. The molecule has 1 aromatic rings. The summed E-state index contributed by atoms with van der Waals surface area (Å²) in [6.07, 6.45) is 17.8. The molecule has 0 unspecified atom stereocenters. The first-order valence-corrected chi connectivity index (χ1v) is 10.5. The van der Waals surface area contributed by atoms with Crippen molar-refractivity contribution < 1.29 is 5.11 Å². The molecule has 0 saturated carbocycles. The van der Waals surface area contributed by atoms with Gasteiger partial charge in [-0.2, -0.15) is 0 Å². The van der Waals surface area contributed by atoms with Crippen molar-refractivity contribution in [3.05, 3.63) is 28.8 Å². The average molecular weight is 333 g/mol. The van der Waals surface area contributed by atoms with E-state index in [9.17, 15) is 5.11 Å². The van der Waals surface area contributed by atoms with Crippen LogP contribution in [-0.4, -0.2) is 5.11 Å². The van der Waals surface area contributed by atoms with Crippen molar-refractivity contribution in [1.82, 2.24) is 0 Å². The molecule has 1 rings (SSSR count). The van der Waals surface area contributed by atoms with Gasteiger partial charge in [-0.25, -0.2) is 0 Å². The molecule has 1 heteroatoms. The first-order chi connectivity index (χ1) is 11.7. The standard InChI is InChI=1S/C23H40O/c1-4-6-8-10-12-14-16-21-18-20(3)19-22(23(21)24)17-15-13-11-9-7-5-2/h18-19,24H,4-17H2,1-3H3. The van der Waals surface area contributed by atoms with Crippen molar-refractivity contribution in [2.75, 3.05) is 0 Å². The Morgan fingerprint density at radius 2 is 1.00 bits per heavy atom. The third-order valence-corrected chi connectivity index (χ3v) is 5.01. The number of phenols is 1. The Kier molecular flexibility index (Phi) is 11.7. The minimum atomic E-state index is 0.586. The van der Waals surface area contributed by atoms with E-state index in [0.717, 1.165) is 12.8 Å². The Labute approximate surface area is 150 Å². The predicted octanol–water partition coefficient (Wildman–Crippen LogP) is 7.51. The van der Waals surface area contributed by atoms with Crippen LogP contribution >= 0.6 is 0 Å². The largest absolute Gasteiger partial charge is 0.507 e. The topological polar surface area (TPSA) is 20.2 Å². The first-order valence-electron chi connectivity index (χ1n) is 10.5. The molecule has 0 bridgehead atoms. The monoisotopic (exact) mass is 332 g/mol. The second-order valence-electron chi connectivity index (χ2n) is 7.47. The fourth-order valence-electron chi connectivity index (χ4n) is 3.51. The van der Waals surface area contributed by atoms with Gasteiger partial charge < -0.3 is 5.11 Å². The Balaban J connectivity index is 2.39. The summed E-state index contributed by atoms with van der Waals surface area (Å²) in [4.78, 5) is 0. The number of aryl methyl sites for hydroxylation is 3. The Morgan fingerprint density at radius 1 is 0.625 bits per heavy atom. The van der Waals surface area contributed by atoms with E-state index >= 15 is 0 Å². The maximum absolute atomic E-state index is 10.6. The first kappa shape index (κ1) is 21.1. The summed E-state index contributed by atoms with van der Waals surface area (Å²) in [5.74, 6) is 0.586. The minimum absolute atomic E-state index is 0.586. The average Bonchev–Trinajstić information content (AvgIpc) is 2.57. The minimum Gasteiger partial charge on any atom is -0.507 e. The van der Waals surface area contributed by atoms with E-state index < -0.39 is 0 Å². The van der Waals surface area contributed by atoms with Gasteiger partial charge >= 0.3 is 0 Å². The Hall–Kier alpha value is -0.980. The summed E-state index contributed by atoms with van der Waals surface area (Å²) in [6, 6.07) is 4.37. The third kappa shape index (κ3) is 8.76. The van der Waals surface area contributed by atoms with Gasteiger partial charge in [-0.3, -0.25) is 0 Å². The van der Waals surface area contributed by atoms with E-state index in [2.05, 4.69) is 32.9 Å². The van der Waals surface area contributed by atoms with Crippen LogP contribution in [0.2, 0.25) is 0 Å². The fourth-order valence-corrected chi connectivity index (χ4v) is 3.51. The molecule has 0 aromatic heterocycles. The van der Waals surface area contributed by atoms with E-state index in [1.807, 2.05) is 0 Å². The van der Waals surface area contributed by atoms with Crippen molar-refractivity contribution in [2.45, 2.75) is 111 Å². The van der Waals surface area contributed by atoms with E-state index in [1.54, 1.807) is 0 Å². The summed E-state index contributed by atoms with van der Waals surface area (Å²) in [7, 11) is 0. The molecule has 0 saturated heterocycles. The molecule has 0 aliphatic carbocycles. The van der Waals surface area contributed by atoms with Crippen LogP contribution in [0.4, 0.5) is 0 Å². The normalized spacial score (nSPS) is 11.1. The maximum atomic E-state index is 10.6. The quantitative estimate of drug-likeness (QED) is 0.349. The lowest BCUT2D eigenvalue weighted by atomic mass is 9.96. The Bertz CT molecular complexity index is 399. The van der Waals surface area contributed by atoms with Gasteiger partial charge in [-0.15, -0.1) is 0 Å². The van der Waals surface area contributed by atoms with E-state index in [0.29, 0.717) is 5.75 Å². The number of hydrogen-bond acceptors (Lipinski definition) is 1. The molecule has 0 heterocycles. The number of phenolic OH excluding ortho intramolecular Hbond substituents is 1. The lowest BCUT2D eigenvalue weighted by Crippen LogP contribution is -1.95. The highest BCUT2D eigenvalue weighted by atomic mass is 16.3. The molecule has 0 atom stereocenters. The van der Waals surface area contributed by atoms with Gasteiger partial charge in [0.25, 0.3) is 0 Å². The van der Waals surface area contributed by atoms with Crippen molar-refractivity contribution in [2.24, 2.45) is 0 Å². The molecular weight excluding hydrogens is 292 g/mol. The van der Waals surface area contributed by atoms with Crippen molar-refractivity contribution in [3.8, 4) is 5.75 Å². The van der Waals surface area contributed by atoms with Crippen LogP contribution in [0.3, 0.4) is 0 Å². The highest BCUT2D eigenvalue weighted by Crippen LogP contribution is 2.28. The molecule has 138 valence electrons. The zero-order valence-corrected chi connectivity index (χ0v) is 16.5. The smallest absolute Gasteiger partial charge is 0.121 e. The molecule has 0 spiro atoms. The number of aromatic hydroxyl groups is 1. The maximum Gasteiger partial charge on any atom is 0.121 e. The molecule has 0 amide bonds. The molecule has 0 aliphatic rings. The molecule has 1 aromatic carbocycles. The molecule has 0 fully saturated rings. The van der Waals surface area contributed by atoms with Gasteiger partial charge in [0.05, 0.1) is 0 Å². The highest BCUT2D eigenvalue weighted by molar-refractivity contribution is 5.43. The molecule has 1 nitrogen and oxygen atoms in total. The van der Waals surface area contributed by atoms with Crippen LogP contribution in [0.25, 0.3) is 0 Å². The molecular formula is C23H40O. The van der Waals surface area contributed by atoms with Crippen molar-refractivity contribution >= 4 is 0 Å². The fraction of sp³-hybridized carbons (Fsp3) is 0.739. The van der Waals surface area contributed by atoms with Crippen molar-refractivity contribution in [1.29, 1.82) is 0 Å². The Morgan fingerprint density at radius 3 is 1.42 bits per heavy atom. The number of benzene rings is 1. The summed E-state index contributed by atoms with van der Waals surface area (Å²) < 4.78 is 0. The van der Waals surface area contributed by atoms with Gasteiger partial charge in [0, 0.05) is 0 Å². The number of unbranched alkanes of at least 4 members (excludes halogenated alkanes) is 10. The molecule has 24 heavy (non-hydrogen) atoms. The zero-order chi connectivity index (χ0) is 17.6. The third-order valence-electron chi connectivity index (χ3n) is 5.01. The second kappa shape index (κ2) is 13.3. The van der Waals surface area contributed by atoms with Crippen LogP contribution in [0, 0.1) is 6.92 Å². The van der Waals surface area contributed by atoms with E-state index in [4.69, 9.17) is 0 Å². The van der Waals surface area contributed by atoms with Crippen LogP contribution in [0.5, 0.6) is 5.75 Å². The van der Waals surface area contributed by atoms with E-state index in [1.165, 1.54) is 93.7 Å². The van der Waals surface area contributed by atoms with Crippen LogP contribution < -0.4 is 0 Å². The zero-order valence-electron chi connectivity index (χ0n) is 16.5. The molecule has 0 radical (unpaired) electrons. The molecule has 1 N–H and O–H groups in total. The molecule has 0 aliphatic heterocycles. The van der Waals surface area contributed by atoms with Crippen LogP contribution in [0.1, 0.15) is 108 Å². The SMILES string of the molecule is CCCCCCCCc1cc(C)cc(CCCCCCCC)c1O. The van der Waals surface area contributed by atoms with Crippen LogP contribution in [-0.2, 0) is 12.8 Å². The van der Waals surface area contributed by atoms with Gasteiger partial charge in [0.15, 0.2) is 0 Å². The highest BCUT2D eigenvalue weighted by Gasteiger charge is 2.08. The lowest BCUT2D eigenvalue weighted by Gasteiger charge is -2.12. The summed E-state index contributed by atoms with van der Waals surface area (Å²) >= 11 is 0. The van der Waals surface area contributed by atoms with Gasteiger partial charge in [-0.05, 0) is 43.7 Å². The lowest BCUT2D eigenvalue weighted by molar-refractivity contribution is 0.456. The second-order valence-corrected chi connectivity index (χ2v) is 7.47. The van der Waals surface area contributed by atoms with Gasteiger partial charge in [0.2, 0.25) is 0 Å². The summed E-state index contributed by atoms with van der Waals surface area (Å²) in [5.41, 5.74) is 3.65. The number of hydrogen-bond donors (Lipinski definition) is 1.